The number of rotatable bonds is 5. The Morgan fingerprint density at radius 1 is 1.31 bits per heavy atom. The fourth-order valence-corrected chi connectivity index (χ4v) is 1.42. The van der Waals surface area contributed by atoms with Crippen molar-refractivity contribution < 1.29 is 14.6 Å². The molecule has 16 heavy (non-hydrogen) atoms. The molecule has 1 aromatic rings. The Hall–Kier alpha value is -0.970. The first-order valence-corrected chi connectivity index (χ1v) is 4.81. The van der Waals surface area contributed by atoms with Crippen LogP contribution in [-0.2, 0) is 0 Å². The molecular weight excluding hydrogens is 230 g/mol. The summed E-state index contributed by atoms with van der Waals surface area (Å²) in [5.41, 5.74) is 6.76. The maximum atomic E-state index is 8.84. The average Bonchev–Trinajstić information content (AvgIpc) is 2.28. The van der Waals surface area contributed by atoms with Gasteiger partial charge in [-0.15, -0.1) is 12.4 Å². The molecule has 0 aliphatic rings. The summed E-state index contributed by atoms with van der Waals surface area (Å²) in [7, 11) is 3.19. The number of nitrogens with two attached hydrogens (primary N) is 1. The highest BCUT2D eigenvalue weighted by Crippen LogP contribution is 2.29. The summed E-state index contributed by atoms with van der Waals surface area (Å²) in [5, 5.41) is 8.84. The van der Waals surface area contributed by atoms with Crippen molar-refractivity contribution in [3.05, 3.63) is 23.8 Å². The van der Waals surface area contributed by atoms with Gasteiger partial charge in [-0.05, 0) is 24.6 Å². The van der Waals surface area contributed by atoms with Gasteiger partial charge < -0.3 is 20.3 Å². The molecule has 0 amide bonds. The largest absolute Gasteiger partial charge is 0.497 e. The van der Waals surface area contributed by atoms with Crippen molar-refractivity contribution in [3.8, 4) is 11.5 Å². The maximum Gasteiger partial charge on any atom is 0.123 e. The summed E-state index contributed by atoms with van der Waals surface area (Å²) in [5.74, 6) is 1.45. The van der Waals surface area contributed by atoms with Crippen molar-refractivity contribution in [3.63, 3.8) is 0 Å². The summed E-state index contributed by atoms with van der Waals surface area (Å²) >= 11 is 0. The van der Waals surface area contributed by atoms with E-state index in [4.69, 9.17) is 20.3 Å². The van der Waals surface area contributed by atoms with E-state index in [1.54, 1.807) is 14.2 Å². The molecule has 0 aliphatic carbocycles. The molecule has 0 aromatic heterocycles. The summed E-state index contributed by atoms with van der Waals surface area (Å²) in [6, 6.07) is 5.22. The van der Waals surface area contributed by atoms with Gasteiger partial charge in [0.05, 0.1) is 14.2 Å². The molecule has 5 heteroatoms. The second-order valence-corrected chi connectivity index (χ2v) is 3.23. The highest BCUT2D eigenvalue weighted by atomic mass is 35.5. The van der Waals surface area contributed by atoms with E-state index in [1.807, 2.05) is 18.2 Å². The van der Waals surface area contributed by atoms with Gasteiger partial charge in [0.15, 0.2) is 0 Å². The van der Waals surface area contributed by atoms with E-state index < -0.39 is 0 Å². The number of hydrogen-bond donors (Lipinski definition) is 2. The van der Waals surface area contributed by atoms with E-state index in [2.05, 4.69) is 0 Å². The molecule has 4 nitrogen and oxygen atoms in total. The van der Waals surface area contributed by atoms with Crippen molar-refractivity contribution in [1.82, 2.24) is 0 Å². The van der Waals surface area contributed by atoms with Gasteiger partial charge in [0, 0.05) is 18.2 Å². The van der Waals surface area contributed by atoms with E-state index in [-0.39, 0.29) is 25.1 Å². The van der Waals surface area contributed by atoms with E-state index >= 15 is 0 Å². The molecule has 1 atom stereocenters. The molecule has 0 fully saturated rings. The van der Waals surface area contributed by atoms with Gasteiger partial charge in [-0.3, -0.25) is 0 Å². The number of halogens is 1. The maximum absolute atomic E-state index is 8.84. The van der Waals surface area contributed by atoms with Crippen LogP contribution in [0.25, 0.3) is 0 Å². The van der Waals surface area contributed by atoms with Crippen molar-refractivity contribution in [2.45, 2.75) is 12.5 Å². The van der Waals surface area contributed by atoms with Crippen LogP contribution >= 0.6 is 12.4 Å². The smallest absolute Gasteiger partial charge is 0.123 e. The van der Waals surface area contributed by atoms with Gasteiger partial charge in [-0.2, -0.15) is 0 Å². The molecule has 1 unspecified atom stereocenters. The highest BCUT2D eigenvalue weighted by Gasteiger charge is 2.12. The fraction of sp³-hybridized carbons (Fsp3) is 0.455. The Morgan fingerprint density at radius 2 is 2.00 bits per heavy atom. The van der Waals surface area contributed by atoms with Gasteiger partial charge in [0.25, 0.3) is 0 Å². The number of hydrogen-bond acceptors (Lipinski definition) is 4. The minimum atomic E-state index is -0.236. The van der Waals surface area contributed by atoms with Gasteiger partial charge >= 0.3 is 0 Å². The average molecular weight is 248 g/mol. The Balaban J connectivity index is 0.00000225. The zero-order valence-corrected chi connectivity index (χ0v) is 10.3. The number of ether oxygens (including phenoxy) is 2. The molecule has 1 aromatic carbocycles. The van der Waals surface area contributed by atoms with Crippen LogP contribution in [0.3, 0.4) is 0 Å². The van der Waals surface area contributed by atoms with Crippen LogP contribution in [0.15, 0.2) is 18.2 Å². The molecule has 0 saturated heterocycles. The second kappa shape index (κ2) is 7.33. The zero-order valence-electron chi connectivity index (χ0n) is 9.47. The minimum absolute atomic E-state index is 0. The number of methoxy groups -OCH3 is 2. The van der Waals surface area contributed by atoms with Crippen LogP contribution in [0.4, 0.5) is 0 Å². The lowest BCUT2D eigenvalue weighted by atomic mass is 10.0. The molecule has 1 rings (SSSR count). The molecule has 0 spiro atoms. The number of aliphatic hydroxyl groups is 1. The van der Waals surface area contributed by atoms with Crippen molar-refractivity contribution in [2.75, 3.05) is 20.8 Å². The molecule has 0 bridgehead atoms. The number of aliphatic hydroxyl groups excluding tert-OH is 1. The van der Waals surface area contributed by atoms with Crippen molar-refractivity contribution in [1.29, 1.82) is 0 Å². The number of benzene rings is 1. The standard InChI is InChI=1S/C11H17NO3.ClH/c1-14-8-3-4-11(15-2)9(7-8)10(12)5-6-13;/h3-4,7,10,13H,5-6,12H2,1-2H3;1H. The minimum Gasteiger partial charge on any atom is -0.497 e. The van der Waals surface area contributed by atoms with Crippen LogP contribution < -0.4 is 15.2 Å². The first-order chi connectivity index (χ1) is 7.22. The summed E-state index contributed by atoms with van der Waals surface area (Å²) in [4.78, 5) is 0. The molecular formula is C11H18ClNO3. The lowest BCUT2D eigenvalue weighted by molar-refractivity contribution is 0.275. The quantitative estimate of drug-likeness (QED) is 0.828. The third-order valence-electron chi connectivity index (χ3n) is 2.28. The van der Waals surface area contributed by atoms with E-state index in [0.717, 1.165) is 17.1 Å². The van der Waals surface area contributed by atoms with Gasteiger partial charge in [-0.25, -0.2) is 0 Å². The lowest BCUT2D eigenvalue weighted by Gasteiger charge is -2.15. The van der Waals surface area contributed by atoms with E-state index in [1.165, 1.54) is 0 Å². The van der Waals surface area contributed by atoms with Gasteiger partial charge in [0.2, 0.25) is 0 Å². The van der Waals surface area contributed by atoms with Gasteiger partial charge in [0.1, 0.15) is 11.5 Å². The topological polar surface area (TPSA) is 64.7 Å². The monoisotopic (exact) mass is 247 g/mol. The Morgan fingerprint density at radius 3 is 2.50 bits per heavy atom. The van der Waals surface area contributed by atoms with Crippen LogP contribution in [-0.4, -0.2) is 25.9 Å². The van der Waals surface area contributed by atoms with Crippen LogP contribution in [0.2, 0.25) is 0 Å². The van der Waals surface area contributed by atoms with Crippen LogP contribution in [0.5, 0.6) is 11.5 Å². The molecule has 0 heterocycles. The molecule has 0 radical (unpaired) electrons. The molecule has 3 N–H and O–H groups in total. The normalized spacial score (nSPS) is 11.5. The first kappa shape index (κ1) is 15.0. The van der Waals surface area contributed by atoms with Gasteiger partial charge in [-0.1, -0.05) is 0 Å². The predicted octanol–water partition coefficient (Wildman–Crippen LogP) is 1.51. The predicted molar refractivity (Wildman–Crippen MR) is 65.4 cm³/mol. The summed E-state index contributed by atoms with van der Waals surface area (Å²) < 4.78 is 10.3. The first-order valence-electron chi connectivity index (χ1n) is 4.81. The van der Waals surface area contributed by atoms with Crippen molar-refractivity contribution >= 4 is 12.4 Å². The highest BCUT2D eigenvalue weighted by molar-refractivity contribution is 5.85. The fourth-order valence-electron chi connectivity index (χ4n) is 1.42. The SMILES string of the molecule is COc1ccc(OC)c(C(N)CCO)c1.Cl. The molecule has 0 saturated carbocycles. The Bertz CT molecular complexity index is 320. The summed E-state index contributed by atoms with van der Waals surface area (Å²) in [6.45, 7) is 0.0571. The molecule has 0 aliphatic heterocycles. The van der Waals surface area contributed by atoms with Crippen molar-refractivity contribution in [2.24, 2.45) is 5.73 Å². The van der Waals surface area contributed by atoms with Crippen LogP contribution in [0, 0.1) is 0 Å². The third kappa shape index (κ3) is 3.56. The van der Waals surface area contributed by atoms with Crippen LogP contribution in [0.1, 0.15) is 18.0 Å². The lowest BCUT2D eigenvalue weighted by Crippen LogP contribution is -2.13. The second-order valence-electron chi connectivity index (χ2n) is 3.23. The third-order valence-corrected chi connectivity index (χ3v) is 2.28. The Kier molecular flexibility index (Phi) is 6.88. The zero-order chi connectivity index (χ0) is 11.3. The van der Waals surface area contributed by atoms with E-state index in [9.17, 15) is 0 Å². The molecule has 92 valence electrons. The Labute approximate surface area is 102 Å². The van der Waals surface area contributed by atoms with E-state index in [0.29, 0.717) is 6.42 Å². The summed E-state index contributed by atoms with van der Waals surface area (Å²) in [6.07, 6.45) is 0.503.